The highest BCUT2D eigenvalue weighted by molar-refractivity contribution is 6.32. The maximum atomic E-state index is 11.1. The van der Waals surface area contributed by atoms with E-state index in [1.165, 1.54) is 12.5 Å². The number of hydrogen-bond acceptors (Lipinski definition) is 5. The molecule has 15 heavy (non-hydrogen) atoms. The van der Waals surface area contributed by atoms with Crippen LogP contribution in [0.3, 0.4) is 0 Å². The average Bonchev–Trinajstić information content (AvgIpc) is 2.73. The van der Waals surface area contributed by atoms with Gasteiger partial charge in [0.05, 0.1) is 19.1 Å². The maximum absolute atomic E-state index is 11.1. The number of nitrogens with one attached hydrogen (secondary N) is 2. The molecule has 0 saturated carbocycles. The zero-order valence-corrected chi connectivity index (χ0v) is 8.28. The number of anilines is 1. The summed E-state index contributed by atoms with van der Waals surface area (Å²) < 4.78 is 4.86. The van der Waals surface area contributed by atoms with Crippen molar-refractivity contribution in [3.05, 3.63) is 39.7 Å². The molecule has 0 aromatic carbocycles. The zero-order valence-electron chi connectivity index (χ0n) is 7.53. The van der Waals surface area contributed by atoms with Gasteiger partial charge in [0, 0.05) is 6.07 Å². The van der Waals surface area contributed by atoms with Gasteiger partial charge in [0.25, 0.3) is 5.56 Å². The standard InChI is InChI=1S/C8H7ClN4O2/c9-6-7(11-4-12-8(6)14)10-3-5-1-2-13-15-5/h1-2,4H,3H2,(H2,10,11,12,14). The van der Waals surface area contributed by atoms with Crippen molar-refractivity contribution in [2.24, 2.45) is 0 Å². The fraction of sp³-hybridized carbons (Fsp3) is 0.125. The first-order valence-corrected chi connectivity index (χ1v) is 4.52. The second-order valence-corrected chi connectivity index (χ2v) is 3.10. The van der Waals surface area contributed by atoms with E-state index in [4.69, 9.17) is 16.1 Å². The Hall–Kier alpha value is -1.82. The van der Waals surface area contributed by atoms with Gasteiger partial charge in [0.2, 0.25) is 0 Å². The van der Waals surface area contributed by atoms with Crippen molar-refractivity contribution in [3.63, 3.8) is 0 Å². The van der Waals surface area contributed by atoms with Crippen molar-refractivity contribution in [1.29, 1.82) is 0 Å². The highest BCUT2D eigenvalue weighted by atomic mass is 35.5. The zero-order chi connectivity index (χ0) is 10.7. The van der Waals surface area contributed by atoms with Crippen LogP contribution in [0.25, 0.3) is 0 Å². The first-order valence-electron chi connectivity index (χ1n) is 4.14. The first kappa shape index (κ1) is 9.72. The Balaban J connectivity index is 2.12. The second kappa shape index (κ2) is 4.14. The lowest BCUT2D eigenvalue weighted by Crippen LogP contribution is -2.11. The summed E-state index contributed by atoms with van der Waals surface area (Å²) >= 11 is 5.72. The van der Waals surface area contributed by atoms with Crippen LogP contribution >= 0.6 is 11.6 Å². The lowest BCUT2D eigenvalue weighted by molar-refractivity contribution is 0.388. The third-order valence-electron chi connectivity index (χ3n) is 1.72. The molecule has 0 amide bonds. The minimum atomic E-state index is -0.383. The van der Waals surface area contributed by atoms with Crippen LogP contribution in [-0.4, -0.2) is 15.1 Å². The summed E-state index contributed by atoms with van der Waals surface area (Å²) in [5.74, 6) is 0.949. The van der Waals surface area contributed by atoms with Gasteiger partial charge >= 0.3 is 0 Å². The molecule has 0 atom stereocenters. The highest BCUT2D eigenvalue weighted by Gasteiger charge is 2.05. The van der Waals surface area contributed by atoms with Gasteiger partial charge in [-0.25, -0.2) is 4.98 Å². The number of nitrogens with zero attached hydrogens (tertiary/aromatic N) is 2. The largest absolute Gasteiger partial charge is 0.361 e. The quantitative estimate of drug-likeness (QED) is 0.817. The first-order chi connectivity index (χ1) is 7.27. The van der Waals surface area contributed by atoms with E-state index in [1.54, 1.807) is 6.07 Å². The highest BCUT2D eigenvalue weighted by Crippen LogP contribution is 2.13. The molecule has 7 heteroatoms. The van der Waals surface area contributed by atoms with Crippen molar-refractivity contribution < 1.29 is 4.52 Å². The Morgan fingerprint density at radius 2 is 2.47 bits per heavy atom. The molecule has 0 aliphatic carbocycles. The van der Waals surface area contributed by atoms with Crippen molar-refractivity contribution in [1.82, 2.24) is 15.1 Å². The van der Waals surface area contributed by atoms with E-state index in [-0.39, 0.29) is 10.6 Å². The summed E-state index contributed by atoms with van der Waals surface area (Å²) in [4.78, 5) is 17.3. The number of hydrogen-bond donors (Lipinski definition) is 2. The molecule has 0 bridgehead atoms. The summed E-state index contributed by atoms with van der Waals surface area (Å²) in [6.45, 7) is 0.371. The Labute approximate surface area is 89.3 Å². The number of aromatic amines is 1. The SMILES string of the molecule is O=c1[nH]cnc(NCc2ccno2)c1Cl. The minimum absolute atomic E-state index is 0.0250. The van der Waals surface area contributed by atoms with Gasteiger partial charge < -0.3 is 14.8 Å². The number of aromatic nitrogens is 3. The van der Waals surface area contributed by atoms with Gasteiger partial charge in [-0.2, -0.15) is 0 Å². The molecule has 0 unspecified atom stereocenters. The monoisotopic (exact) mass is 226 g/mol. The smallest absolute Gasteiger partial charge is 0.271 e. The molecule has 0 saturated heterocycles. The third-order valence-corrected chi connectivity index (χ3v) is 2.07. The Kier molecular flexibility index (Phi) is 2.68. The van der Waals surface area contributed by atoms with E-state index in [0.717, 1.165) is 0 Å². The second-order valence-electron chi connectivity index (χ2n) is 2.73. The minimum Gasteiger partial charge on any atom is -0.361 e. The van der Waals surface area contributed by atoms with Crippen LogP contribution in [0, 0.1) is 0 Å². The molecule has 0 aliphatic rings. The van der Waals surface area contributed by atoms with Crippen LogP contribution < -0.4 is 10.9 Å². The molecule has 2 heterocycles. The molecule has 2 aromatic rings. The van der Waals surface area contributed by atoms with Crippen LogP contribution in [0.15, 0.2) is 27.9 Å². The molecular weight excluding hydrogens is 220 g/mol. The Morgan fingerprint density at radius 1 is 1.60 bits per heavy atom. The van der Waals surface area contributed by atoms with Gasteiger partial charge in [-0.3, -0.25) is 4.79 Å². The summed E-state index contributed by atoms with van der Waals surface area (Å²) in [7, 11) is 0. The summed E-state index contributed by atoms with van der Waals surface area (Å²) in [5.41, 5.74) is -0.383. The van der Waals surface area contributed by atoms with Gasteiger partial charge in [-0.15, -0.1) is 0 Å². The molecule has 78 valence electrons. The van der Waals surface area contributed by atoms with Gasteiger partial charge in [-0.05, 0) is 0 Å². The molecule has 0 radical (unpaired) electrons. The molecule has 2 N–H and O–H groups in total. The average molecular weight is 227 g/mol. The van der Waals surface area contributed by atoms with E-state index < -0.39 is 0 Å². The molecular formula is C8H7ClN4O2. The van der Waals surface area contributed by atoms with E-state index in [1.807, 2.05) is 0 Å². The van der Waals surface area contributed by atoms with Gasteiger partial charge in [0.15, 0.2) is 11.6 Å². The molecule has 6 nitrogen and oxygen atoms in total. The lowest BCUT2D eigenvalue weighted by atomic mass is 10.4. The van der Waals surface area contributed by atoms with Crippen LogP contribution in [0.2, 0.25) is 5.02 Å². The Bertz CT molecular complexity index is 494. The van der Waals surface area contributed by atoms with Crippen LogP contribution in [0.5, 0.6) is 0 Å². The number of halogens is 1. The summed E-state index contributed by atoms with van der Waals surface area (Å²) in [6, 6.07) is 1.70. The van der Waals surface area contributed by atoms with E-state index >= 15 is 0 Å². The summed E-state index contributed by atoms with van der Waals surface area (Å²) in [5, 5.41) is 6.42. The van der Waals surface area contributed by atoms with Gasteiger partial charge in [-0.1, -0.05) is 16.8 Å². The Morgan fingerprint density at radius 3 is 3.20 bits per heavy atom. The predicted octanol–water partition coefficient (Wildman–Crippen LogP) is 1.02. The van der Waals surface area contributed by atoms with E-state index in [9.17, 15) is 4.79 Å². The normalized spacial score (nSPS) is 10.2. The predicted molar refractivity (Wildman–Crippen MR) is 53.7 cm³/mol. The summed E-state index contributed by atoms with van der Waals surface area (Å²) in [6.07, 6.45) is 2.81. The van der Waals surface area contributed by atoms with Crippen LogP contribution in [0.4, 0.5) is 5.82 Å². The van der Waals surface area contributed by atoms with Crippen LogP contribution in [-0.2, 0) is 6.54 Å². The molecule has 0 spiro atoms. The van der Waals surface area contributed by atoms with Crippen molar-refractivity contribution in [3.8, 4) is 0 Å². The fourth-order valence-electron chi connectivity index (χ4n) is 1.01. The maximum Gasteiger partial charge on any atom is 0.271 e. The molecule has 0 aliphatic heterocycles. The van der Waals surface area contributed by atoms with Crippen molar-refractivity contribution in [2.75, 3.05) is 5.32 Å². The topological polar surface area (TPSA) is 83.8 Å². The van der Waals surface area contributed by atoms with E-state index in [0.29, 0.717) is 18.1 Å². The van der Waals surface area contributed by atoms with Crippen molar-refractivity contribution >= 4 is 17.4 Å². The van der Waals surface area contributed by atoms with Crippen molar-refractivity contribution in [2.45, 2.75) is 6.54 Å². The molecule has 0 fully saturated rings. The van der Waals surface area contributed by atoms with Crippen LogP contribution in [0.1, 0.15) is 5.76 Å². The number of rotatable bonds is 3. The third kappa shape index (κ3) is 2.16. The molecule has 2 aromatic heterocycles. The fourth-order valence-corrected chi connectivity index (χ4v) is 1.18. The molecule has 2 rings (SSSR count). The number of H-pyrrole nitrogens is 1. The lowest BCUT2D eigenvalue weighted by Gasteiger charge is -2.02. The van der Waals surface area contributed by atoms with Gasteiger partial charge in [0.1, 0.15) is 5.02 Å². The van der Waals surface area contributed by atoms with E-state index in [2.05, 4.69) is 20.4 Å².